The van der Waals surface area contributed by atoms with Crippen LogP contribution in [0.3, 0.4) is 0 Å². The molecular formula is C11H9ClN4. The maximum atomic E-state index is 6.06. The van der Waals surface area contributed by atoms with Gasteiger partial charge in [0.15, 0.2) is 5.82 Å². The molecule has 2 heterocycles. The van der Waals surface area contributed by atoms with Crippen molar-refractivity contribution < 1.29 is 0 Å². The van der Waals surface area contributed by atoms with Crippen LogP contribution in [0.25, 0.3) is 22.6 Å². The van der Waals surface area contributed by atoms with Gasteiger partial charge in [0, 0.05) is 7.05 Å². The number of fused-ring (bicyclic) bond motifs is 1. The van der Waals surface area contributed by atoms with Crippen LogP contribution in [0.4, 0.5) is 0 Å². The van der Waals surface area contributed by atoms with E-state index < -0.39 is 0 Å². The van der Waals surface area contributed by atoms with Crippen molar-refractivity contribution in [3.63, 3.8) is 0 Å². The number of H-pyrrole nitrogens is 1. The Morgan fingerprint density at radius 3 is 2.81 bits per heavy atom. The van der Waals surface area contributed by atoms with Gasteiger partial charge in [0.2, 0.25) is 0 Å². The maximum Gasteiger partial charge on any atom is 0.158 e. The first-order valence-electron chi connectivity index (χ1n) is 4.88. The van der Waals surface area contributed by atoms with Gasteiger partial charge in [-0.25, -0.2) is 4.98 Å². The zero-order chi connectivity index (χ0) is 11.1. The molecule has 0 fully saturated rings. The summed E-state index contributed by atoms with van der Waals surface area (Å²) in [5.41, 5.74) is 2.72. The zero-order valence-electron chi connectivity index (χ0n) is 8.61. The lowest BCUT2D eigenvalue weighted by atomic mass is 10.3. The van der Waals surface area contributed by atoms with E-state index in [-0.39, 0.29) is 0 Å². The van der Waals surface area contributed by atoms with E-state index in [9.17, 15) is 0 Å². The fourth-order valence-electron chi connectivity index (χ4n) is 1.74. The molecule has 1 aromatic carbocycles. The van der Waals surface area contributed by atoms with E-state index in [0.717, 1.165) is 22.6 Å². The average molecular weight is 233 g/mol. The molecule has 0 aliphatic carbocycles. The van der Waals surface area contributed by atoms with E-state index >= 15 is 0 Å². The number of benzene rings is 1. The monoisotopic (exact) mass is 232 g/mol. The van der Waals surface area contributed by atoms with Crippen molar-refractivity contribution in [1.29, 1.82) is 0 Å². The summed E-state index contributed by atoms with van der Waals surface area (Å²) in [6.07, 6.45) is 1.62. The van der Waals surface area contributed by atoms with Crippen molar-refractivity contribution in [1.82, 2.24) is 19.7 Å². The van der Waals surface area contributed by atoms with E-state index in [1.807, 2.05) is 31.3 Å². The Bertz CT molecular complexity index is 600. The van der Waals surface area contributed by atoms with Crippen LogP contribution in [-0.4, -0.2) is 19.7 Å². The second kappa shape index (κ2) is 3.35. The van der Waals surface area contributed by atoms with E-state index in [4.69, 9.17) is 11.6 Å². The van der Waals surface area contributed by atoms with Crippen LogP contribution in [0.5, 0.6) is 0 Å². The Labute approximate surface area is 96.9 Å². The van der Waals surface area contributed by atoms with Crippen LogP contribution in [-0.2, 0) is 7.05 Å². The molecule has 3 rings (SSSR count). The van der Waals surface area contributed by atoms with Gasteiger partial charge in [-0.15, -0.1) is 0 Å². The minimum absolute atomic E-state index is 0.599. The number of hydrogen-bond donors (Lipinski definition) is 1. The lowest BCUT2D eigenvalue weighted by molar-refractivity contribution is 0.772. The first-order chi connectivity index (χ1) is 7.75. The first kappa shape index (κ1) is 9.42. The van der Waals surface area contributed by atoms with Gasteiger partial charge in [0.25, 0.3) is 0 Å². The minimum atomic E-state index is 0.599. The molecule has 16 heavy (non-hydrogen) atoms. The second-order valence-electron chi connectivity index (χ2n) is 3.57. The molecule has 0 amide bonds. The number of nitrogens with one attached hydrogen (secondary N) is 1. The molecule has 0 unspecified atom stereocenters. The Hall–Kier alpha value is -1.81. The molecule has 0 saturated heterocycles. The van der Waals surface area contributed by atoms with Gasteiger partial charge in [0.1, 0.15) is 5.69 Å². The minimum Gasteiger partial charge on any atom is -0.337 e. The molecule has 1 N–H and O–H groups in total. The van der Waals surface area contributed by atoms with Crippen LogP contribution in [0.15, 0.2) is 30.5 Å². The zero-order valence-corrected chi connectivity index (χ0v) is 9.36. The normalized spacial score (nSPS) is 11.1. The molecule has 4 nitrogen and oxygen atoms in total. The van der Waals surface area contributed by atoms with Crippen molar-refractivity contribution in [3.8, 4) is 11.5 Å². The summed E-state index contributed by atoms with van der Waals surface area (Å²) >= 11 is 6.06. The Morgan fingerprint density at radius 1 is 1.31 bits per heavy atom. The predicted octanol–water partition coefficient (Wildman–Crippen LogP) is 2.62. The van der Waals surface area contributed by atoms with Crippen molar-refractivity contribution in [3.05, 3.63) is 35.5 Å². The van der Waals surface area contributed by atoms with Crippen molar-refractivity contribution >= 4 is 22.6 Å². The van der Waals surface area contributed by atoms with Gasteiger partial charge in [-0.1, -0.05) is 23.7 Å². The molecular weight excluding hydrogens is 224 g/mol. The average Bonchev–Trinajstić information content (AvgIpc) is 2.82. The topological polar surface area (TPSA) is 46.5 Å². The highest BCUT2D eigenvalue weighted by atomic mass is 35.5. The second-order valence-corrected chi connectivity index (χ2v) is 3.97. The largest absolute Gasteiger partial charge is 0.337 e. The van der Waals surface area contributed by atoms with Crippen LogP contribution in [0.2, 0.25) is 5.02 Å². The van der Waals surface area contributed by atoms with Gasteiger partial charge in [0.05, 0.1) is 22.3 Å². The van der Waals surface area contributed by atoms with Crippen LogP contribution >= 0.6 is 11.6 Å². The lowest BCUT2D eigenvalue weighted by Crippen LogP contribution is -1.94. The molecule has 5 heteroatoms. The number of aryl methyl sites for hydroxylation is 1. The van der Waals surface area contributed by atoms with Crippen molar-refractivity contribution in [2.24, 2.45) is 7.05 Å². The molecule has 2 aromatic heterocycles. The molecule has 3 aromatic rings. The van der Waals surface area contributed by atoms with Crippen LogP contribution in [0.1, 0.15) is 0 Å². The van der Waals surface area contributed by atoms with E-state index in [1.165, 1.54) is 0 Å². The fraction of sp³-hybridized carbons (Fsp3) is 0.0909. The number of rotatable bonds is 1. The number of aromatic amines is 1. The SMILES string of the molecule is Cn1ncc(Cl)c1-c1nc2ccccc2[nH]1. The smallest absolute Gasteiger partial charge is 0.158 e. The molecule has 0 aliphatic heterocycles. The van der Waals surface area contributed by atoms with Crippen LogP contribution < -0.4 is 0 Å². The Morgan fingerprint density at radius 2 is 2.12 bits per heavy atom. The summed E-state index contributed by atoms with van der Waals surface area (Å²) in [4.78, 5) is 7.70. The number of aromatic nitrogens is 4. The van der Waals surface area contributed by atoms with Crippen molar-refractivity contribution in [2.45, 2.75) is 0 Å². The van der Waals surface area contributed by atoms with Gasteiger partial charge in [-0.3, -0.25) is 4.68 Å². The van der Waals surface area contributed by atoms with Gasteiger partial charge >= 0.3 is 0 Å². The summed E-state index contributed by atoms with van der Waals surface area (Å²) in [5.74, 6) is 0.742. The summed E-state index contributed by atoms with van der Waals surface area (Å²) in [6, 6.07) is 7.86. The highest BCUT2D eigenvalue weighted by Crippen LogP contribution is 2.26. The molecule has 0 aliphatic rings. The standard InChI is InChI=1S/C11H9ClN4/c1-16-10(7(12)6-13-16)11-14-8-4-2-3-5-9(8)15-11/h2-6H,1H3,(H,14,15). The number of para-hydroxylation sites is 2. The van der Waals surface area contributed by atoms with Crippen molar-refractivity contribution in [2.75, 3.05) is 0 Å². The lowest BCUT2D eigenvalue weighted by Gasteiger charge is -1.97. The molecule has 0 saturated carbocycles. The van der Waals surface area contributed by atoms with E-state index in [2.05, 4.69) is 15.1 Å². The molecule has 0 spiro atoms. The predicted molar refractivity (Wildman–Crippen MR) is 63.3 cm³/mol. The highest BCUT2D eigenvalue weighted by Gasteiger charge is 2.12. The molecule has 0 bridgehead atoms. The molecule has 0 atom stereocenters. The maximum absolute atomic E-state index is 6.06. The Kier molecular flexibility index (Phi) is 1.97. The van der Waals surface area contributed by atoms with Gasteiger partial charge in [-0.05, 0) is 12.1 Å². The summed E-state index contributed by atoms with van der Waals surface area (Å²) in [6.45, 7) is 0. The number of nitrogens with zero attached hydrogens (tertiary/aromatic N) is 3. The fourth-order valence-corrected chi connectivity index (χ4v) is 2.00. The third-order valence-electron chi connectivity index (χ3n) is 2.51. The highest BCUT2D eigenvalue weighted by molar-refractivity contribution is 6.32. The molecule has 0 radical (unpaired) electrons. The summed E-state index contributed by atoms with van der Waals surface area (Å²) in [7, 11) is 1.84. The third kappa shape index (κ3) is 1.31. The number of hydrogen-bond acceptors (Lipinski definition) is 2. The number of imidazole rings is 1. The first-order valence-corrected chi connectivity index (χ1v) is 5.26. The summed E-state index contributed by atoms with van der Waals surface area (Å²) in [5, 5.41) is 4.69. The number of halogens is 1. The van der Waals surface area contributed by atoms with E-state index in [0.29, 0.717) is 5.02 Å². The molecule has 80 valence electrons. The quantitative estimate of drug-likeness (QED) is 0.701. The Balaban J connectivity index is 2.27. The van der Waals surface area contributed by atoms with Gasteiger partial charge < -0.3 is 4.98 Å². The summed E-state index contributed by atoms with van der Waals surface area (Å²) < 4.78 is 1.71. The van der Waals surface area contributed by atoms with E-state index in [1.54, 1.807) is 10.9 Å². The van der Waals surface area contributed by atoms with Gasteiger partial charge in [-0.2, -0.15) is 5.10 Å². The van der Waals surface area contributed by atoms with Crippen LogP contribution in [0, 0.1) is 0 Å². The third-order valence-corrected chi connectivity index (χ3v) is 2.78.